The van der Waals surface area contributed by atoms with Gasteiger partial charge in [-0.05, 0) is 18.2 Å². The predicted octanol–water partition coefficient (Wildman–Crippen LogP) is 2.66. The summed E-state index contributed by atoms with van der Waals surface area (Å²) in [5, 5.41) is 0. The van der Waals surface area contributed by atoms with Crippen molar-refractivity contribution in [3.8, 4) is 5.75 Å². The van der Waals surface area contributed by atoms with Crippen LogP contribution >= 0.6 is 0 Å². The van der Waals surface area contributed by atoms with Crippen LogP contribution in [0.1, 0.15) is 5.56 Å². The second kappa shape index (κ2) is 6.24. The average molecular weight is 309 g/mol. The van der Waals surface area contributed by atoms with E-state index in [1.54, 1.807) is 36.4 Å². The Morgan fingerprint density at radius 3 is 2.38 bits per heavy atom. The van der Waals surface area contributed by atoms with Gasteiger partial charge in [0, 0.05) is 19.2 Å². The Labute approximate surface area is 123 Å². The van der Waals surface area contributed by atoms with E-state index >= 15 is 0 Å². The zero-order valence-corrected chi connectivity index (χ0v) is 12.6. The Kier molecular flexibility index (Phi) is 4.59. The minimum absolute atomic E-state index is 0.0486. The molecule has 2 aromatic rings. The van der Waals surface area contributed by atoms with Gasteiger partial charge in [0.2, 0.25) is 10.0 Å². The van der Waals surface area contributed by atoms with Crippen molar-refractivity contribution in [3.05, 3.63) is 59.9 Å². The fourth-order valence-electron chi connectivity index (χ4n) is 1.95. The first kappa shape index (κ1) is 15.5. The number of sulfonamides is 1. The van der Waals surface area contributed by atoms with E-state index in [2.05, 4.69) is 0 Å². The molecule has 0 atom stereocenters. The molecule has 0 radical (unpaired) electrons. The number of methoxy groups -OCH3 is 1. The summed E-state index contributed by atoms with van der Waals surface area (Å²) in [6.07, 6.45) is 0. The van der Waals surface area contributed by atoms with Gasteiger partial charge in [-0.2, -0.15) is 4.31 Å². The quantitative estimate of drug-likeness (QED) is 0.853. The van der Waals surface area contributed by atoms with Gasteiger partial charge in [0.15, 0.2) is 0 Å². The lowest BCUT2D eigenvalue weighted by Gasteiger charge is -2.19. The maximum atomic E-state index is 13.6. The molecule has 0 unspecified atom stereocenters. The van der Waals surface area contributed by atoms with Crippen LogP contribution in [-0.2, 0) is 16.6 Å². The van der Waals surface area contributed by atoms with Crippen LogP contribution in [0.4, 0.5) is 4.39 Å². The molecule has 0 amide bonds. The first-order valence-corrected chi connectivity index (χ1v) is 7.73. The second-order valence-electron chi connectivity index (χ2n) is 4.50. The van der Waals surface area contributed by atoms with E-state index in [-0.39, 0.29) is 17.2 Å². The molecule has 6 heteroatoms. The highest BCUT2D eigenvalue weighted by atomic mass is 32.2. The molecule has 112 valence electrons. The highest BCUT2D eigenvalue weighted by molar-refractivity contribution is 7.89. The zero-order valence-electron chi connectivity index (χ0n) is 11.8. The molecule has 0 heterocycles. The molecule has 0 aromatic heterocycles. The maximum absolute atomic E-state index is 13.6. The zero-order chi connectivity index (χ0) is 15.5. The summed E-state index contributed by atoms with van der Waals surface area (Å²) in [7, 11) is -0.936. The number of hydrogen-bond donors (Lipinski definition) is 0. The molecular weight excluding hydrogens is 293 g/mol. The van der Waals surface area contributed by atoms with E-state index in [0.29, 0.717) is 5.56 Å². The third kappa shape index (κ3) is 3.22. The fourth-order valence-corrected chi connectivity index (χ4v) is 3.25. The summed E-state index contributed by atoms with van der Waals surface area (Å²) in [6.45, 7) is -0.0486. The summed E-state index contributed by atoms with van der Waals surface area (Å²) < 4.78 is 44.9. The summed E-state index contributed by atoms with van der Waals surface area (Å²) in [6, 6.07) is 12.4. The maximum Gasteiger partial charge on any atom is 0.246 e. The van der Waals surface area contributed by atoms with Gasteiger partial charge in [-0.1, -0.05) is 30.3 Å². The van der Waals surface area contributed by atoms with E-state index in [1.165, 1.54) is 26.3 Å². The van der Waals surface area contributed by atoms with Crippen LogP contribution in [0, 0.1) is 5.82 Å². The first-order valence-electron chi connectivity index (χ1n) is 6.29. The molecule has 0 aliphatic heterocycles. The van der Waals surface area contributed by atoms with Gasteiger partial charge in [0.05, 0.1) is 7.11 Å². The number of halogens is 1. The van der Waals surface area contributed by atoms with Crippen LogP contribution in [0.15, 0.2) is 53.4 Å². The van der Waals surface area contributed by atoms with Gasteiger partial charge in [-0.25, -0.2) is 12.8 Å². The summed E-state index contributed by atoms with van der Waals surface area (Å²) in [5.74, 6) is -0.169. The van der Waals surface area contributed by atoms with Crippen LogP contribution in [0.3, 0.4) is 0 Å². The first-order chi connectivity index (χ1) is 9.96. The van der Waals surface area contributed by atoms with Gasteiger partial charge in [-0.15, -0.1) is 0 Å². The van der Waals surface area contributed by atoms with Crippen LogP contribution in [-0.4, -0.2) is 26.9 Å². The lowest BCUT2D eigenvalue weighted by Crippen LogP contribution is -2.27. The number of ether oxygens (including phenoxy) is 1. The normalized spacial score (nSPS) is 11.6. The molecule has 0 bridgehead atoms. The monoisotopic (exact) mass is 309 g/mol. The largest absolute Gasteiger partial charge is 0.495 e. The summed E-state index contributed by atoms with van der Waals surface area (Å²) in [4.78, 5) is 0.0614. The van der Waals surface area contributed by atoms with Crippen molar-refractivity contribution >= 4 is 10.0 Å². The predicted molar refractivity (Wildman–Crippen MR) is 78.0 cm³/mol. The Morgan fingerprint density at radius 1 is 1.10 bits per heavy atom. The van der Waals surface area contributed by atoms with Gasteiger partial charge in [-0.3, -0.25) is 0 Å². The van der Waals surface area contributed by atoms with Crippen LogP contribution in [0.5, 0.6) is 5.75 Å². The van der Waals surface area contributed by atoms with Gasteiger partial charge in [0.25, 0.3) is 0 Å². The third-order valence-electron chi connectivity index (χ3n) is 3.11. The van der Waals surface area contributed by atoms with Crippen molar-refractivity contribution in [2.24, 2.45) is 0 Å². The standard InChI is InChI=1S/C15H16FNO3S/c1-17(11-12-7-3-4-8-13(12)16)21(18,19)15-10-6-5-9-14(15)20-2/h3-10H,11H2,1-2H3. The third-order valence-corrected chi connectivity index (χ3v) is 4.95. The molecule has 0 saturated heterocycles. The van der Waals surface area contributed by atoms with E-state index in [0.717, 1.165) is 4.31 Å². The Morgan fingerprint density at radius 2 is 1.71 bits per heavy atom. The van der Waals surface area contributed by atoms with Crippen molar-refractivity contribution in [2.45, 2.75) is 11.4 Å². The summed E-state index contributed by atoms with van der Waals surface area (Å²) in [5.41, 5.74) is 0.318. The molecule has 0 fully saturated rings. The Hall–Kier alpha value is -1.92. The van der Waals surface area contributed by atoms with Crippen molar-refractivity contribution < 1.29 is 17.5 Å². The topological polar surface area (TPSA) is 46.6 Å². The number of rotatable bonds is 5. The van der Waals surface area contributed by atoms with Crippen molar-refractivity contribution in [3.63, 3.8) is 0 Å². The van der Waals surface area contributed by atoms with E-state index in [4.69, 9.17) is 4.74 Å². The lowest BCUT2D eigenvalue weighted by molar-refractivity contribution is 0.397. The molecule has 0 saturated carbocycles. The molecule has 0 N–H and O–H groups in total. The highest BCUT2D eigenvalue weighted by Gasteiger charge is 2.25. The van der Waals surface area contributed by atoms with Gasteiger partial charge in [0.1, 0.15) is 16.5 Å². The van der Waals surface area contributed by atoms with Crippen LogP contribution < -0.4 is 4.74 Å². The van der Waals surface area contributed by atoms with E-state index in [1.807, 2.05) is 0 Å². The molecule has 21 heavy (non-hydrogen) atoms. The molecule has 0 spiro atoms. The Bertz CT molecular complexity index is 731. The average Bonchev–Trinajstić information content (AvgIpc) is 2.49. The van der Waals surface area contributed by atoms with Crippen molar-refractivity contribution in [1.82, 2.24) is 4.31 Å². The lowest BCUT2D eigenvalue weighted by atomic mass is 10.2. The fraction of sp³-hybridized carbons (Fsp3) is 0.200. The molecule has 2 aromatic carbocycles. The molecule has 2 rings (SSSR count). The van der Waals surface area contributed by atoms with Crippen LogP contribution in [0.25, 0.3) is 0 Å². The minimum Gasteiger partial charge on any atom is -0.495 e. The van der Waals surface area contributed by atoms with Crippen LogP contribution in [0.2, 0.25) is 0 Å². The van der Waals surface area contributed by atoms with E-state index < -0.39 is 15.8 Å². The highest BCUT2D eigenvalue weighted by Crippen LogP contribution is 2.26. The smallest absolute Gasteiger partial charge is 0.246 e. The van der Waals surface area contributed by atoms with Gasteiger partial charge < -0.3 is 4.74 Å². The molecule has 4 nitrogen and oxygen atoms in total. The van der Waals surface area contributed by atoms with E-state index in [9.17, 15) is 12.8 Å². The Balaban J connectivity index is 2.33. The number of para-hydroxylation sites is 1. The molecule has 0 aliphatic carbocycles. The van der Waals surface area contributed by atoms with Gasteiger partial charge >= 0.3 is 0 Å². The minimum atomic E-state index is -3.76. The second-order valence-corrected chi connectivity index (χ2v) is 6.52. The molecule has 0 aliphatic rings. The van der Waals surface area contributed by atoms with Crippen molar-refractivity contribution in [2.75, 3.05) is 14.2 Å². The number of nitrogens with zero attached hydrogens (tertiary/aromatic N) is 1. The summed E-state index contributed by atoms with van der Waals surface area (Å²) >= 11 is 0. The van der Waals surface area contributed by atoms with Crippen molar-refractivity contribution in [1.29, 1.82) is 0 Å². The molecular formula is C15H16FNO3S. The number of benzene rings is 2. The number of hydrogen-bond acceptors (Lipinski definition) is 3. The SMILES string of the molecule is COc1ccccc1S(=O)(=O)N(C)Cc1ccccc1F.